The minimum atomic E-state index is -3.01. The number of carbonyl (C=O) groups is 1. The van der Waals surface area contributed by atoms with Crippen LogP contribution in [0.15, 0.2) is 42.5 Å². The van der Waals surface area contributed by atoms with Gasteiger partial charge in [0.25, 0.3) is 5.91 Å². The van der Waals surface area contributed by atoms with Gasteiger partial charge >= 0.3 is 6.61 Å². The van der Waals surface area contributed by atoms with Gasteiger partial charge in [-0.2, -0.15) is 8.78 Å². The number of nitrogens with zero attached hydrogens (tertiary/aromatic N) is 1. The summed E-state index contributed by atoms with van der Waals surface area (Å²) in [6.07, 6.45) is 2.24. The molecule has 1 N–H and O–H groups in total. The van der Waals surface area contributed by atoms with E-state index in [1.54, 1.807) is 7.11 Å². The highest BCUT2D eigenvalue weighted by Gasteiger charge is 2.24. The van der Waals surface area contributed by atoms with Crippen molar-refractivity contribution in [3.63, 3.8) is 0 Å². The number of rotatable bonds is 9. The van der Waals surface area contributed by atoms with Gasteiger partial charge in [0.05, 0.1) is 20.3 Å². The molecule has 1 aliphatic heterocycles. The van der Waals surface area contributed by atoms with Gasteiger partial charge < -0.3 is 19.5 Å². The van der Waals surface area contributed by atoms with Crippen molar-refractivity contribution in [1.29, 1.82) is 0 Å². The van der Waals surface area contributed by atoms with E-state index in [0.717, 1.165) is 37.2 Å². The van der Waals surface area contributed by atoms with Crippen molar-refractivity contribution in [3.05, 3.63) is 53.6 Å². The van der Waals surface area contributed by atoms with Crippen molar-refractivity contribution >= 4 is 5.91 Å². The Hall–Kier alpha value is -2.87. The van der Waals surface area contributed by atoms with Crippen LogP contribution in [0, 0.1) is 0 Å². The van der Waals surface area contributed by atoms with Crippen LogP contribution >= 0.6 is 0 Å². The van der Waals surface area contributed by atoms with Crippen molar-refractivity contribution < 1.29 is 27.8 Å². The van der Waals surface area contributed by atoms with E-state index in [0.29, 0.717) is 6.54 Å². The van der Waals surface area contributed by atoms with Gasteiger partial charge in [-0.25, -0.2) is 0 Å². The molecule has 0 saturated carbocycles. The molecule has 162 valence electrons. The van der Waals surface area contributed by atoms with Crippen LogP contribution in [-0.2, 0) is 0 Å². The number of likely N-dealkylation sites (tertiary alicyclic amines) is 1. The lowest BCUT2D eigenvalue weighted by atomic mass is 10.0. The van der Waals surface area contributed by atoms with Crippen molar-refractivity contribution in [1.82, 2.24) is 10.2 Å². The Labute approximate surface area is 174 Å². The van der Waals surface area contributed by atoms with Crippen LogP contribution in [0.5, 0.6) is 17.2 Å². The fourth-order valence-corrected chi connectivity index (χ4v) is 3.63. The molecule has 0 unspecified atom stereocenters. The second kappa shape index (κ2) is 10.2. The Morgan fingerprint density at radius 2 is 1.73 bits per heavy atom. The molecule has 30 heavy (non-hydrogen) atoms. The first-order valence-electron chi connectivity index (χ1n) is 9.81. The Morgan fingerprint density at radius 1 is 1.03 bits per heavy atom. The van der Waals surface area contributed by atoms with Crippen molar-refractivity contribution in [2.45, 2.75) is 25.5 Å². The lowest BCUT2D eigenvalue weighted by Gasteiger charge is -2.28. The fraction of sp³-hybridized carbons (Fsp3) is 0.409. The Morgan fingerprint density at radius 3 is 2.33 bits per heavy atom. The number of hydrogen-bond donors (Lipinski definition) is 1. The Balaban J connectivity index is 1.73. The van der Waals surface area contributed by atoms with Crippen molar-refractivity contribution in [2.75, 3.05) is 33.9 Å². The zero-order chi connectivity index (χ0) is 21.5. The van der Waals surface area contributed by atoms with Crippen LogP contribution in [0.1, 0.15) is 34.8 Å². The SMILES string of the molecule is COc1ccc([C@H](CNC(=O)c2ccc(OC)c(OC(F)F)c2)N2CCCC2)cc1. The highest BCUT2D eigenvalue weighted by Crippen LogP contribution is 2.30. The second-order valence-electron chi connectivity index (χ2n) is 6.99. The number of methoxy groups -OCH3 is 2. The van der Waals surface area contributed by atoms with E-state index in [4.69, 9.17) is 9.47 Å². The maximum absolute atomic E-state index is 12.7. The average Bonchev–Trinajstić information content (AvgIpc) is 3.28. The zero-order valence-electron chi connectivity index (χ0n) is 17.1. The van der Waals surface area contributed by atoms with E-state index < -0.39 is 6.61 Å². The minimum absolute atomic E-state index is 0.0115. The molecule has 1 atom stereocenters. The quantitative estimate of drug-likeness (QED) is 0.667. The molecule has 8 heteroatoms. The highest BCUT2D eigenvalue weighted by molar-refractivity contribution is 5.94. The van der Waals surface area contributed by atoms with E-state index in [2.05, 4.69) is 15.0 Å². The van der Waals surface area contributed by atoms with Gasteiger partial charge in [0.15, 0.2) is 11.5 Å². The zero-order valence-corrected chi connectivity index (χ0v) is 17.1. The van der Waals surface area contributed by atoms with Gasteiger partial charge in [0.1, 0.15) is 5.75 Å². The van der Waals surface area contributed by atoms with Crippen molar-refractivity contribution in [2.24, 2.45) is 0 Å². The smallest absolute Gasteiger partial charge is 0.387 e. The molecule has 6 nitrogen and oxygen atoms in total. The lowest BCUT2D eigenvalue weighted by Crippen LogP contribution is -2.36. The number of alkyl halides is 2. The summed E-state index contributed by atoms with van der Waals surface area (Å²) in [6.45, 7) is -0.697. The van der Waals surface area contributed by atoms with Gasteiger partial charge in [-0.1, -0.05) is 12.1 Å². The molecular formula is C22H26F2N2O4. The van der Waals surface area contributed by atoms with Gasteiger partial charge in [0.2, 0.25) is 0 Å². The predicted molar refractivity (Wildman–Crippen MR) is 109 cm³/mol. The monoisotopic (exact) mass is 420 g/mol. The van der Waals surface area contributed by atoms with Crippen LogP contribution < -0.4 is 19.5 Å². The summed E-state index contributed by atoms with van der Waals surface area (Å²) < 4.78 is 40.0. The standard InChI is InChI=1S/C22H26F2N2O4/c1-28-17-8-5-15(6-9-17)18(26-11-3-4-12-26)14-25-21(27)16-7-10-19(29-2)20(13-16)30-22(23)24/h5-10,13,18,22H,3-4,11-12,14H2,1-2H3,(H,25,27)/t18-/m0/s1. The molecule has 0 radical (unpaired) electrons. The molecule has 2 aromatic carbocycles. The number of nitrogens with one attached hydrogen (secondary N) is 1. The number of halogens is 2. The summed E-state index contributed by atoms with van der Waals surface area (Å²) >= 11 is 0. The largest absolute Gasteiger partial charge is 0.497 e. The third kappa shape index (κ3) is 5.38. The molecule has 2 aromatic rings. The molecule has 0 aromatic heterocycles. The number of hydrogen-bond acceptors (Lipinski definition) is 5. The maximum Gasteiger partial charge on any atom is 0.387 e. The normalized spacial score (nSPS) is 15.1. The lowest BCUT2D eigenvalue weighted by molar-refractivity contribution is -0.0512. The third-order valence-corrected chi connectivity index (χ3v) is 5.18. The third-order valence-electron chi connectivity index (χ3n) is 5.18. The number of amides is 1. The van der Waals surface area contributed by atoms with E-state index in [1.807, 2.05) is 24.3 Å². The molecule has 1 heterocycles. The maximum atomic E-state index is 12.7. The molecule has 1 amide bonds. The van der Waals surface area contributed by atoms with E-state index in [-0.39, 0.29) is 29.0 Å². The first-order chi connectivity index (χ1) is 14.5. The van der Waals surface area contributed by atoms with Crippen molar-refractivity contribution in [3.8, 4) is 17.2 Å². The molecule has 0 aliphatic carbocycles. The summed E-state index contributed by atoms with van der Waals surface area (Å²) in [5.41, 5.74) is 1.30. The molecule has 1 saturated heterocycles. The van der Waals surface area contributed by atoms with Gasteiger partial charge in [-0.05, 0) is 61.8 Å². The Kier molecular flexibility index (Phi) is 7.46. The fourth-order valence-electron chi connectivity index (χ4n) is 3.63. The number of benzene rings is 2. The van der Waals surface area contributed by atoms with E-state index in [1.165, 1.54) is 25.3 Å². The Bertz CT molecular complexity index is 840. The van der Waals surface area contributed by atoms with Crippen LogP contribution in [0.2, 0.25) is 0 Å². The van der Waals surface area contributed by atoms with Crippen LogP contribution in [0.25, 0.3) is 0 Å². The predicted octanol–water partition coefficient (Wildman–Crippen LogP) is 3.87. The highest BCUT2D eigenvalue weighted by atomic mass is 19.3. The first-order valence-corrected chi connectivity index (χ1v) is 9.81. The van der Waals surface area contributed by atoms with Gasteiger partial charge in [0, 0.05) is 12.1 Å². The molecule has 0 spiro atoms. The molecular weight excluding hydrogens is 394 g/mol. The molecule has 1 aliphatic rings. The van der Waals surface area contributed by atoms with Crippen LogP contribution in [0.4, 0.5) is 8.78 Å². The van der Waals surface area contributed by atoms with Gasteiger partial charge in [-0.3, -0.25) is 9.69 Å². The molecule has 3 rings (SSSR count). The summed E-state index contributed by atoms with van der Waals surface area (Å²) in [4.78, 5) is 15.0. The number of carbonyl (C=O) groups excluding carboxylic acids is 1. The summed E-state index contributed by atoms with van der Waals surface area (Å²) in [6, 6.07) is 12.0. The summed E-state index contributed by atoms with van der Waals surface area (Å²) in [5, 5.41) is 2.93. The summed E-state index contributed by atoms with van der Waals surface area (Å²) in [7, 11) is 2.97. The van der Waals surface area contributed by atoms with E-state index in [9.17, 15) is 13.6 Å². The first kappa shape index (κ1) is 21.8. The average molecular weight is 420 g/mol. The van der Waals surface area contributed by atoms with Gasteiger partial charge in [-0.15, -0.1) is 0 Å². The second-order valence-corrected chi connectivity index (χ2v) is 6.99. The summed E-state index contributed by atoms with van der Waals surface area (Å²) in [5.74, 6) is 0.369. The van der Waals surface area contributed by atoms with Crippen LogP contribution in [-0.4, -0.2) is 51.3 Å². The molecule has 1 fully saturated rings. The van der Waals surface area contributed by atoms with Crippen LogP contribution in [0.3, 0.4) is 0 Å². The topological polar surface area (TPSA) is 60.0 Å². The molecule has 0 bridgehead atoms. The number of ether oxygens (including phenoxy) is 3. The minimum Gasteiger partial charge on any atom is -0.497 e. The van der Waals surface area contributed by atoms with E-state index >= 15 is 0 Å².